The molecule has 1 aliphatic heterocycles. The molecule has 0 radical (unpaired) electrons. The van der Waals surface area contributed by atoms with E-state index in [2.05, 4.69) is 16.0 Å². The number of ether oxygens (including phenoxy) is 2. The highest BCUT2D eigenvalue weighted by Crippen LogP contribution is 2.38. The minimum atomic E-state index is -0.313. The Morgan fingerprint density at radius 2 is 1.86 bits per heavy atom. The van der Waals surface area contributed by atoms with Crippen LogP contribution in [0.4, 0.5) is 4.79 Å². The summed E-state index contributed by atoms with van der Waals surface area (Å²) in [5.41, 5.74) is 1.88. The maximum atomic E-state index is 13.0. The molecule has 0 fully saturated rings. The monoisotopic (exact) mass is 408 g/mol. The van der Waals surface area contributed by atoms with Gasteiger partial charge in [0.15, 0.2) is 16.6 Å². The second kappa shape index (κ2) is 9.32. The lowest BCUT2D eigenvalue weighted by molar-refractivity contribution is 0.161. The van der Waals surface area contributed by atoms with Crippen molar-refractivity contribution in [3.05, 3.63) is 23.3 Å². The average molecular weight is 409 g/mol. The van der Waals surface area contributed by atoms with Gasteiger partial charge in [-0.05, 0) is 69.6 Å². The number of thiocarbonyl (C=S) groups is 1. The number of rotatable bonds is 5. The normalized spacial score (nSPS) is 16.1. The molecule has 3 N–H and O–H groups in total. The van der Waals surface area contributed by atoms with Crippen LogP contribution in [-0.4, -0.2) is 55.4 Å². The van der Waals surface area contributed by atoms with E-state index in [0.717, 1.165) is 24.1 Å². The number of methoxy groups -OCH3 is 2. The molecular weight excluding hydrogens is 376 g/mol. The molecule has 0 saturated heterocycles. The van der Waals surface area contributed by atoms with Crippen molar-refractivity contribution in [3.8, 4) is 11.5 Å². The SMILES string of the molecule is CCNC(=S)NCC1c2cc(OC)c(OC)cc2CCN1C(=O)NC(C)(C)C. The number of fused-ring (bicyclic) bond motifs is 1. The number of urea groups is 1. The van der Waals surface area contributed by atoms with E-state index in [1.807, 2.05) is 44.7 Å². The number of hydrogen-bond acceptors (Lipinski definition) is 4. The predicted molar refractivity (Wildman–Crippen MR) is 115 cm³/mol. The molecule has 2 amide bonds. The first-order valence-electron chi connectivity index (χ1n) is 9.55. The number of benzene rings is 1. The van der Waals surface area contributed by atoms with Crippen LogP contribution in [0.1, 0.15) is 44.9 Å². The van der Waals surface area contributed by atoms with E-state index in [9.17, 15) is 4.79 Å². The Morgan fingerprint density at radius 3 is 2.43 bits per heavy atom. The van der Waals surface area contributed by atoms with Crippen LogP contribution in [0.25, 0.3) is 0 Å². The van der Waals surface area contributed by atoms with Gasteiger partial charge < -0.3 is 30.3 Å². The van der Waals surface area contributed by atoms with Crippen molar-refractivity contribution in [1.29, 1.82) is 0 Å². The van der Waals surface area contributed by atoms with E-state index in [4.69, 9.17) is 21.7 Å². The summed E-state index contributed by atoms with van der Waals surface area (Å²) in [6.07, 6.45) is 0.751. The second-order valence-corrected chi connectivity index (χ2v) is 8.19. The fraction of sp³-hybridized carbons (Fsp3) is 0.600. The Labute approximate surface area is 173 Å². The third-order valence-corrected chi connectivity index (χ3v) is 4.83. The van der Waals surface area contributed by atoms with E-state index in [-0.39, 0.29) is 17.6 Å². The number of nitrogens with zero attached hydrogens (tertiary/aromatic N) is 1. The molecule has 1 aliphatic rings. The zero-order valence-corrected chi connectivity index (χ0v) is 18.5. The van der Waals surface area contributed by atoms with E-state index >= 15 is 0 Å². The maximum absolute atomic E-state index is 13.0. The molecule has 0 spiro atoms. The number of carbonyl (C=O) groups is 1. The molecule has 1 aromatic carbocycles. The van der Waals surface area contributed by atoms with Gasteiger partial charge in [0.1, 0.15) is 0 Å². The van der Waals surface area contributed by atoms with Crippen LogP contribution in [0.5, 0.6) is 11.5 Å². The number of amides is 2. The minimum absolute atomic E-state index is 0.0888. The highest BCUT2D eigenvalue weighted by atomic mass is 32.1. The topological polar surface area (TPSA) is 74.9 Å². The third kappa shape index (κ3) is 5.41. The lowest BCUT2D eigenvalue weighted by Gasteiger charge is -2.39. The first kappa shape index (κ1) is 22.1. The Bertz CT molecular complexity index is 718. The summed E-state index contributed by atoms with van der Waals surface area (Å²) in [5, 5.41) is 9.97. The first-order valence-corrected chi connectivity index (χ1v) is 9.96. The molecule has 8 heteroatoms. The number of nitrogens with one attached hydrogen (secondary N) is 3. The minimum Gasteiger partial charge on any atom is -0.493 e. The molecule has 1 heterocycles. The molecule has 0 bridgehead atoms. The van der Waals surface area contributed by atoms with Crippen LogP contribution >= 0.6 is 12.2 Å². The van der Waals surface area contributed by atoms with Crippen LogP contribution in [0.15, 0.2) is 12.1 Å². The lowest BCUT2D eigenvalue weighted by Crippen LogP contribution is -2.53. The molecule has 28 heavy (non-hydrogen) atoms. The van der Waals surface area contributed by atoms with Gasteiger partial charge in [0.25, 0.3) is 0 Å². The smallest absolute Gasteiger partial charge is 0.318 e. The zero-order chi connectivity index (χ0) is 20.9. The average Bonchev–Trinajstić information content (AvgIpc) is 2.63. The summed E-state index contributed by atoms with van der Waals surface area (Å²) in [6, 6.07) is 3.70. The third-order valence-electron chi connectivity index (χ3n) is 4.54. The quantitative estimate of drug-likeness (QED) is 0.651. The van der Waals surface area contributed by atoms with Crippen molar-refractivity contribution < 1.29 is 14.3 Å². The van der Waals surface area contributed by atoms with Gasteiger partial charge in [-0.3, -0.25) is 0 Å². The van der Waals surface area contributed by atoms with Gasteiger partial charge in [0.05, 0.1) is 20.3 Å². The zero-order valence-electron chi connectivity index (χ0n) is 17.6. The van der Waals surface area contributed by atoms with Crippen molar-refractivity contribution in [2.45, 2.75) is 45.7 Å². The van der Waals surface area contributed by atoms with Gasteiger partial charge in [-0.2, -0.15) is 0 Å². The van der Waals surface area contributed by atoms with Gasteiger partial charge in [-0.25, -0.2) is 4.79 Å². The first-order chi connectivity index (χ1) is 13.2. The van der Waals surface area contributed by atoms with Crippen molar-refractivity contribution in [1.82, 2.24) is 20.9 Å². The van der Waals surface area contributed by atoms with Gasteiger partial charge in [-0.1, -0.05) is 0 Å². The van der Waals surface area contributed by atoms with Crippen molar-refractivity contribution in [3.63, 3.8) is 0 Å². The number of hydrogen-bond donors (Lipinski definition) is 3. The molecule has 7 nitrogen and oxygen atoms in total. The van der Waals surface area contributed by atoms with E-state index in [0.29, 0.717) is 29.7 Å². The van der Waals surface area contributed by atoms with Crippen molar-refractivity contribution in [2.75, 3.05) is 33.9 Å². The molecule has 0 aliphatic carbocycles. The van der Waals surface area contributed by atoms with Crippen LogP contribution in [0, 0.1) is 0 Å². The number of carbonyl (C=O) groups excluding carboxylic acids is 1. The fourth-order valence-corrected chi connectivity index (χ4v) is 3.52. The fourth-order valence-electron chi connectivity index (χ4n) is 3.30. The summed E-state index contributed by atoms with van der Waals surface area (Å²) >= 11 is 5.31. The molecule has 156 valence electrons. The van der Waals surface area contributed by atoms with Crippen LogP contribution in [-0.2, 0) is 6.42 Å². The molecular formula is C20H32N4O3S. The Hall–Kier alpha value is -2.22. The summed E-state index contributed by atoms with van der Waals surface area (Å²) in [5.74, 6) is 1.35. The maximum Gasteiger partial charge on any atom is 0.318 e. The van der Waals surface area contributed by atoms with Crippen LogP contribution in [0.3, 0.4) is 0 Å². The second-order valence-electron chi connectivity index (χ2n) is 7.79. The van der Waals surface area contributed by atoms with Gasteiger partial charge in [0.2, 0.25) is 0 Å². The summed E-state index contributed by atoms with van der Waals surface area (Å²) in [4.78, 5) is 14.8. The van der Waals surface area contributed by atoms with E-state index < -0.39 is 0 Å². The molecule has 1 atom stereocenters. The van der Waals surface area contributed by atoms with E-state index in [1.165, 1.54) is 0 Å². The largest absolute Gasteiger partial charge is 0.493 e. The Morgan fingerprint density at radius 1 is 1.21 bits per heavy atom. The molecule has 1 unspecified atom stereocenters. The standard InChI is InChI=1S/C20H32N4O3S/c1-7-21-18(28)22-12-15-14-11-17(27-6)16(26-5)10-13(14)8-9-24(15)19(25)23-20(2,3)4/h10-11,15H,7-9,12H2,1-6H3,(H,23,25)(H2,21,22,28). The Balaban J connectivity index is 2.37. The highest BCUT2D eigenvalue weighted by molar-refractivity contribution is 7.80. The van der Waals surface area contributed by atoms with Gasteiger partial charge in [0, 0.05) is 25.2 Å². The summed E-state index contributed by atoms with van der Waals surface area (Å²) in [7, 11) is 3.24. The van der Waals surface area contributed by atoms with Crippen molar-refractivity contribution in [2.24, 2.45) is 0 Å². The molecule has 0 saturated carbocycles. The molecule has 1 aromatic rings. The molecule has 2 rings (SSSR count). The van der Waals surface area contributed by atoms with Crippen molar-refractivity contribution >= 4 is 23.4 Å². The predicted octanol–water partition coefficient (Wildman–Crippen LogP) is 2.60. The van der Waals surface area contributed by atoms with Gasteiger partial charge in [-0.15, -0.1) is 0 Å². The molecule has 0 aromatic heterocycles. The van der Waals surface area contributed by atoms with Crippen LogP contribution < -0.4 is 25.4 Å². The Kier molecular flexibility index (Phi) is 7.35. The van der Waals surface area contributed by atoms with Gasteiger partial charge >= 0.3 is 6.03 Å². The van der Waals surface area contributed by atoms with Crippen LogP contribution in [0.2, 0.25) is 0 Å². The van der Waals surface area contributed by atoms with E-state index in [1.54, 1.807) is 14.2 Å². The summed E-state index contributed by atoms with van der Waals surface area (Å²) < 4.78 is 10.9. The lowest BCUT2D eigenvalue weighted by atomic mass is 9.91. The highest BCUT2D eigenvalue weighted by Gasteiger charge is 2.33. The summed E-state index contributed by atoms with van der Waals surface area (Å²) in [6.45, 7) is 9.78.